The number of aromatic nitrogens is 1. The predicted octanol–water partition coefficient (Wildman–Crippen LogP) is 4.66. The van der Waals surface area contributed by atoms with E-state index >= 15 is 0 Å². The second-order valence-corrected chi connectivity index (χ2v) is 7.63. The van der Waals surface area contributed by atoms with E-state index in [1.54, 1.807) is 19.4 Å². The van der Waals surface area contributed by atoms with Crippen LogP contribution in [0.5, 0.6) is 5.75 Å². The Hall–Kier alpha value is -3.64. The number of rotatable bonds is 9. The maximum atomic E-state index is 12.9. The number of nitrogens with one attached hydrogen (secondary N) is 2. The number of benzene rings is 2. The van der Waals surface area contributed by atoms with E-state index in [2.05, 4.69) is 15.6 Å². The van der Waals surface area contributed by atoms with Crippen molar-refractivity contribution in [3.63, 3.8) is 0 Å². The van der Waals surface area contributed by atoms with E-state index < -0.39 is 0 Å². The van der Waals surface area contributed by atoms with Gasteiger partial charge in [0, 0.05) is 36.8 Å². The molecule has 0 aliphatic heterocycles. The van der Waals surface area contributed by atoms with Crippen LogP contribution < -0.4 is 15.4 Å². The molecular formula is C26H27N3O3. The number of methoxy groups -OCH3 is 1. The number of hydrogen-bond donors (Lipinski definition) is 2. The molecule has 6 heteroatoms. The van der Waals surface area contributed by atoms with Crippen molar-refractivity contribution in [3.8, 4) is 5.75 Å². The highest BCUT2D eigenvalue weighted by atomic mass is 16.5. The molecule has 32 heavy (non-hydrogen) atoms. The molecular weight excluding hydrogens is 402 g/mol. The molecule has 0 spiro atoms. The van der Waals surface area contributed by atoms with Crippen LogP contribution in [0.1, 0.15) is 40.3 Å². The summed E-state index contributed by atoms with van der Waals surface area (Å²) in [6, 6.07) is 21.3. The number of nitrogens with zero attached hydrogens (tertiary/aromatic N) is 1. The lowest BCUT2D eigenvalue weighted by molar-refractivity contribution is 0.0914. The third-order valence-corrected chi connectivity index (χ3v) is 5.43. The van der Waals surface area contributed by atoms with Crippen LogP contribution >= 0.6 is 0 Å². The molecule has 0 aliphatic carbocycles. The SMILES string of the molecule is COc1ccc(CNCCc2ccccn2)c2cc(C(=O)NC(C)c3ccccc3)oc12. The van der Waals surface area contributed by atoms with Crippen LogP contribution in [0.25, 0.3) is 11.0 Å². The van der Waals surface area contributed by atoms with Gasteiger partial charge in [-0.3, -0.25) is 9.78 Å². The molecule has 6 nitrogen and oxygen atoms in total. The minimum atomic E-state index is -0.256. The molecule has 0 saturated heterocycles. The zero-order valence-electron chi connectivity index (χ0n) is 18.3. The lowest BCUT2D eigenvalue weighted by Crippen LogP contribution is -2.26. The monoisotopic (exact) mass is 429 g/mol. The van der Waals surface area contributed by atoms with Crippen LogP contribution in [-0.2, 0) is 13.0 Å². The topological polar surface area (TPSA) is 76.4 Å². The van der Waals surface area contributed by atoms with Crippen molar-refractivity contribution in [3.05, 3.63) is 95.5 Å². The fraction of sp³-hybridized carbons (Fsp3) is 0.231. The summed E-state index contributed by atoms with van der Waals surface area (Å²) in [5.74, 6) is 0.614. The highest BCUT2D eigenvalue weighted by Crippen LogP contribution is 2.32. The van der Waals surface area contributed by atoms with Crippen LogP contribution in [0.3, 0.4) is 0 Å². The molecule has 0 radical (unpaired) electrons. The van der Waals surface area contributed by atoms with Crippen molar-refractivity contribution in [1.29, 1.82) is 0 Å². The molecule has 2 aromatic carbocycles. The number of amides is 1. The number of carbonyl (C=O) groups is 1. The minimum absolute atomic E-state index is 0.133. The summed E-state index contributed by atoms with van der Waals surface area (Å²) >= 11 is 0. The normalized spacial score (nSPS) is 11.9. The van der Waals surface area contributed by atoms with Crippen LogP contribution in [-0.4, -0.2) is 24.5 Å². The Morgan fingerprint density at radius 1 is 1.09 bits per heavy atom. The number of pyridine rings is 1. The fourth-order valence-electron chi connectivity index (χ4n) is 3.66. The van der Waals surface area contributed by atoms with Crippen molar-refractivity contribution in [1.82, 2.24) is 15.6 Å². The van der Waals surface area contributed by atoms with Gasteiger partial charge in [-0.2, -0.15) is 0 Å². The smallest absolute Gasteiger partial charge is 0.287 e. The lowest BCUT2D eigenvalue weighted by atomic mass is 10.1. The van der Waals surface area contributed by atoms with E-state index in [0.717, 1.165) is 35.2 Å². The van der Waals surface area contributed by atoms with E-state index in [0.29, 0.717) is 17.9 Å². The van der Waals surface area contributed by atoms with E-state index in [-0.39, 0.29) is 17.7 Å². The van der Waals surface area contributed by atoms with Crippen LogP contribution in [0.4, 0.5) is 0 Å². The Balaban J connectivity index is 1.48. The number of hydrogen-bond acceptors (Lipinski definition) is 5. The Bertz CT molecular complexity index is 1170. The van der Waals surface area contributed by atoms with Gasteiger partial charge in [-0.25, -0.2) is 0 Å². The molecule has 2 N–H and O–H groups in total. The summed E-state index contributed by atoms with van der Waals surface area (Å²) in [5.41, 5.74) is 3.71. The predicted molar refractivity (Wildman–Crippen MR) is 125 cm³/mol. The summed E-state index contributed by atoms with van der Waals surface area (Å²) in [4.78, 5) is 17.2. The zero-order chi connectivity index (χ0) is 22.3. The fourth-order valence-corrected chi connectivity index (χ4v) is 3.66. The first kappa shape index (κ1) is 21.6. The van der Waals surface area contributed by atoms with E-state index in [9.17, 15) is 4.79 Å². The van der Waals surface area contributed by atoms with Crippen molar-refractivity contribution in [2.45, 2.75) is 25.9 Å². The second-order valence-electron chi connectivity index (χ2n) is 7.63. The molecule has 0 aliphatic rings. The third-order valence-electron chi connectivity index (χ3n) is 5.43. The standard InChI is InChI=1S/C26H27N3O3/c1-18(19-8-4-3-5-9-19)29-26(30)24-16-22-20(11-12-23(31-2)25(22)32-24)17-27-15-13-21-10-6-7-14-28-21/h3-12,14,16,18,27H,13,15,17H2,1-2H3,(H,29,30). The van der Waals surface area contributed by atoms with Crippen molar-refractivity contribution in [2.24, 2.45) is 0 Å². The van der Waals surface area contributed by atoms with Crippen molar-refractivity contribution in [2.75, 3.05) is 13.7 Å². The summed E-state index contributed by atoms with van der Waals surface area (Å²) in [5, 5.41) is 7.32. The van der Waals surface area contributed by atoms with Gasteiger partial charge in [0.25, 0.3) is 5.91 Å². The van der Waals surface area contributed by atoms with Gasteiger partial charge in [-0.05, 0) is 42.3 Å². The molecule has 0 bridgehead atoms. The lowest BCUT2D eigenvalue weighted by Gasteiger charge is -2.12. The molecule has 1 unspecified atom stereocenters. The largest absolute Gasteiger partial charge is 0.493 e. The van der Waals surface area contributed by atoms with Gasteiger partial charge in [0.1, 0.15) is 0 Å². The second kappa shape index (κ2) is 10.1. The van der Waals surface area contributed by atoms with Crippen molar-refractivity contribution < 1.29 is 13.9 Å². The number of fused-ring (bicyclic) bond motifs is 1. The summed E-state index contributed by atoms with van der Waals surface area (Å²) in [6.07, 6.45) is 2.65. The summed E-state index contributed by atoms with van der Waals surface area (Å²) < 4.78 is 11.4. The summed E-state index contributed by atoms with van der Waals surface area (Å²) in [6.45, 7) is 3.39. The first-order valence-corrected chi connectivity index (χ1v) is 10.7. The minimum Gasteiger partial charge on any atom is -0.493 e. The molecule has 1 atom stereocenters. The van der Waals surface area contributed by atoms with Gasteiger partial charge in [-0.1, -0.05) is 42.5 Å². The summed E-state index contributed by atoms with van der Waals surface area (Å²) in [7, 11) is 1.60. The van der Waals surface area contributed by atoms with Gasteiger partial charge in [0.05, 0.1) is 13.2 Å². The first-order valence-electron chi connectivity index (χ1n) is 10.7. The van der Waals surface area contributed by atoms with Gasteiger partial charge in [0.2, 0.25) is 0 Å². The van der Waals surface area contributed by atoms with Crippen LogP contribution in [0.15, 0.2) is 77.3 Å². The van der Waals surface area contributed by atoms with Crippen molar-refractivity contribution >= 4 is 16.9 Å². The molecule has 4 aromatic rings. The zero-order valence-corrected chi connectivity index (χ0v) is 18.3. The van der Waals surface area contributed by atoms with Gasteiger partial charge >= 0.3 is 0 Å². The van der Waals surface area contributed by atoms with Gasteiger partial charge in [0.15, 0.2) is 17.1 Å². The molecule has 0 saturated carbocycles. The Labute approximate surface area is 187 Å². The third kappa shape index (κ3) is 4.98. The highest BCUT2D eigenvalue weighted by molar-refractivity contribution is 5.98. The Morgan fingerprint density at radius 2 is 1.91 bits per heavy atom. The average Bonchev–Trinajstić information content (AvgIpc) is 3.29. The molecule has 4 rings (SSSR count). The Morgan fingerprint density at radius 3 is 2.66 bits per heavy atom. The van der Waals surface area contributed by atoms with Gasteiger partial charge in [-0.15, -0.1) is 0 Å². The number of carbonyl (C=O) groups excluding carboxylic acids is 1. The Kier molecular flexibility index (Phi) is 6.82. The number of ether oxygens (including phenoxy) is 1. The number of furan rings is 1. The quantitative estimate of drug-likeness (QED) is 0.379. The maximum Gasteiger partial charge on any atom is 0.287 e. The van der Waals surface area contributed by atoms with Crippen LogP contribution in [0, 0.1) is 0 Å². The highest BCUT2D eigenvalue weighted by Gasteiger charge is 2.19. The average molecular weight is 430 g/mol. The van der Waals surface area contributed by atoms with Gasteiger partial charge < -0.3 is 19.8 Å². The van der Waals surface area contributed by atoms with Crippen LogP contribution in [0.2, 0.25) is 0 Å². The van der Waals surface area contributed by atoms with E-state index in [1.807, 2.05) is 67.6 Å². The maximum absolute atomic E-state index is 12.9. The first-order chi connectivity index (χ1) is 15.7. The molecule has 1 amide bonds. The molecule has 2 aromatic heterocycles. The van der Waals surface area contributed by atoms with E-state index in [1.165, 1.54) is 0 Å². The molecule has 164 valence electrons. The molecule has 2 heterocycles. The van der Waals surface area contributed by atoms with E-state index in [4.69, 9.17) is 9.15 Å². The molecule has 0 fully saturated rings.